The molecule has 20 heavy (non-hydrogen) atoms. The predicted octanol–water partition coefficient (Wildman–Crippen LogP) is 2.25. The highest BCUT2D eigenvalue weighted by atomic mass is 32.2. The van der Waals surface area contributed by atoms with Gasteiger partial charge in [-0.2, -0.15) is 8.78 Å². The van der Waals surface area contributed by atoms with Crippen LogP contribution in [0.25, 0.3) is 0 Å². The summed E-state index contributed by atoms with van der Waals surface area (Å²) in [6.07, 6.45) is 1.59. The van der Waals surface area contributed by atoms with Gasteiger partial charge in [-0.3, -0.25) is 0 Å². The van der Waals surface area contributed by atoms with E-state index in [1.165, 1.54) is 17.5 Å². The largest absolute Gasteiger partial charge is 0.435 e. The van der Waals surface area contributed by atoms with Crippen LogP contribution in [0, 0.1) is 0 Å². The summed E-state index contributed by atoms with van der Waals surface area (Å²) in [6, 6.07) is 5.89. The van der Waals surface area contributed by atoms with Crippen LogP contribution in [0.4, 0.5) is 8.78 Å². The quantitative estimate of drug-likeness (QED) is 0.906. The number of alkyl halides is 2. The Morgan fingerprint density at radius 1 is 1.40 bits per heavy atom. The molecule has 1 aromatic rings. The molecule has 0 amide bonds. The molecule has 0 saturated carbocycles. The lowest BCUT2D eigenvalue weighted by atomic mass is 10.1. The molecular formula is C13H15F2NO3S. The molecule has 110 valence electrons. The van der Waals surface area contributed by atoms with Gasteiger partial charge in [-0.05, 0) is 24.6 Å². The van der Waals surface area contributed by atoms with Crippen LogP contribution >= 0.6 is 0 Å². The van der Waals surface area contributed by atoms with E-state index in [4.69, 9.17) is 0 Å². The fourth-order valence-electron chi connectivity index (χ4n) is 2.06. The Morgan fingerprint density at radius 3 is 2.75 bits per heavy atom. The van der Waals surface area contributed by atoms with Crippen LogP contribution in [0.3, 0.4) is 0 Å². The zero-order valence-corrected chi connectivity index (χ0v) is 11.6. The summed E-state index contributed by atoms with van der Waals surface area (Å²) in [7, 11) is -3.11. The van der Waals surface area contributed by atoms with Crippen LogP contribution in [-0.2, 0) is 9.84 Å². The van der Waals surface area contributed by atoms with Crippen LogP contribution in [0.15, 0.2) is 35.7 Å². The lowest BCUT2D eigenvalue weighted by molar-refractivity contribution is -0.0499. The number of sulfone groups is 1. The maximum Gasteiger partial charge on any atom is 0.387 e. The van der Waals surface area contributed by atoms with Gasteiger partial charge in [0.1, 0.15) is 5.75 Å². The summed E-state index contributed by atoms with van der Waals surface area (Å²) in [5.74, 6) is 0.102. The van der Waals surface area contributed by atoms with Crippen LogP contribution in [0.1, 0.15) is 18.5 Å². The summed E-state index contributed by atoms with van der Waals surface area (Å²) in [5, 5.41) is 4.31. The summed E-state index contributed by atoms with van der Waals surface area (Å²) in [4.78, 5) is 0. The molecule has 4 nitrogen and oxygen atoms in total. The van der Waals surface area contributed by atoms with Gasteiger partial charge in [-0.25, -0.2) is 8.42 Å². The number of halogens is 2. The fraction of sp³-hybridized carbons (Fsp3) is 0.385. The summed E-state index contributed by atoms with van der Waals surface area (Å²) in [5.41, 5.74) is 0.751. The average molecular weight is 303 g/mol. The molecule has 0 aromatic heterocycles. The Bertz CT molecular complexity index is 601. The third-order valence-corrected chi connectivity index (χ3v) is 4.37. The van der Waals surface area contributed by atoms with Crippen molar-refractivity contribution in [2.75, 3.05) is 5.75 Å². The first kappa shape index (κ1) is 14.9. The molecule has 0 aliphatic carbocycles. The van der Waals surface area contributed by atoms with Crippen molar-refractivity contribution in [2.24, 2.45) is 0 Å². The molecule has 1 heterocycles. The van der Waals surface area contributed by atoms with E-state index in [0.717, 1.165) is 5.56 Å². The molecule has 2 atom stereocenters. The molecule has 2 unspecified atom stereocenters. The van der Waals surface area contributed by atoms with E-state index in [1.807, 2.05) is 6.92 Å². The predicted molar refractivity (Wildman–Crippen MR) is 71.3 cm³/mol. The topological polar surface area (TPSA) is 55.4 Å². The number of benzene rings is 1. The van der Waals surface area contributed by atoms with Crippen LogP contribution in [0.2, 0.25) is 0 Å². The molecule has 2 rings (SSSR count). The third-order valence-electron chi connectivity index (χ3n) is 2.98. The Labute approximate surface area is 116 Å². The van der Waals surface area contributed by atoms with Crippen molar-refractivity contribution in [3.8, 4) is 5.75 Å². The zero-order valence-electron chi connectivity index (χ0n) is 10.8. The van der Waals surface area contributed by atoms with Crippen molar-refractivity contribution in [1.82, 2.24) is 5.32 Å². The lowest BCUT2D eigenvalue weighted by Gasteiger charge is -2.18. The maximum absolute atomic E-state index is 12.2. The molecule has 7 heteroatoms. The molecule has 1 aliphatic heterocycles. The molecule has 0 fully saturated rings. The smallest absolute Gasteiger partial charge is 0.387 e. The first-order chi connectivity index (χ1) is 9.35. The molecule has 0 radical (unpaired) electrons. The van der Waals surface area contributed by atoms with Gasteiger partial charge < -0.3 is 10.1 Å². The zero-order chi connectivity index (χ0) is 14.8. The van der Waals surface area contributed by atoms with E-state index in [0.29, 0.717) is 0 Å². The van der Waals surface area contributed by atoms with Crippen LogP contribution in [-0.4, -0.2) is 26.8 Å². The highest BCUT2D eigenvalue weighted by Crippen LogP contribution is 2.22. The Hall–Kier alpha value is -1.47. The lowest BCUT2D eigenvalue weighted by Crippen LogP contribution is -2.32. The summed E-state index contributed by atoms with van der Waals surface area (Å²) in [6.45, 7) is -1.03. The normalized spacial score (nSPS) is 22.1. The molecule has 1 N–H and O–H groups in total. The van der Waals surface area contributed by atoms with Crippen molar-refractivity contribution in [1.29, 1.82) is 0 Å². The number of hydrogen-bond acceptors (Lipinski definition) is 4. The molecule has 0 saturated heterocycles. The summed E-state index contributed by atoms with van der Waals surface area (Å²) >= 11 is 0. The van der Waals surface area contributed by atoms with Crippen LogP contribution in [0.5, 0.6) is 5.75 Å². The second-order valence-electron chi connectivity index (χ2n) is 4.60. The van der Waals surface area contributed by atoms with Gasteiger partial charge in [0.2, 0.25) is 0 Å². The second-order valence-corrected chi connectivity index (χ2v) is 6.54. The highest BCUT2D eigenvalue weighted by molar-refractivity contribution is 7.94. The SMILES string of the molecule is CC(NC1C=CS(=O)(=O)C1)c1cccc(OC(F)F)c1. The van der Waals surface area contributed by atoms with E-state index < -0.39 is 16.4 Å². The molecule has 1 aromatic carbocycles. The Morgan fingerprint density at radius 2 is 2.15 bits per heavy atom. The first-order valence-electron chi connectivity index (χ1n) is 6.07. The second kappa shape index (κ2) is 5.88. The molecule has 0 bridgehead atoms. The third kappa shape index (κ3) is 4.01. The Kier molecular flexibility index (Phi) is 4.39. The minimum absolute atomic E-state index is 0.0184. The van der Waals surface area contributed by atoms with E-state index in [1.54, 1.807) is 18.2 Å². The minimum Gasteiger partial charge on any atom is -0.435 e. The molecule has 1 aliphatic rings. The Balaban J connectivity index is 2.02. The highest BCUT2D eigenvalue weighted by Gasteiger charge is 2.23. The van der Waals surface area contributed by atoms with E-state index >= 15 is 0 Å². The van der Waals surface area contributed by atoms with Gasteiger partial charge in [0.05, 0.1) is 5.75 Å². The monoisotopic (exact) mass is 303 g/mol. The number of ether oxygens (including phenoxy) is 1. The van der Waals surface area contributed by atoms with Gasteiger partial charge in [0.25, 0.3) is 0 Å². The number of nitrogens with one attached hydrogen (secondary N) is 1. The van der Waals surface area contributed by atoms with Gasteiger partial charge >= 0.3 is 6.61 Å². The van der Waals surface area contributed by atoms with Crippen molar-refractivity contribution >= 4 is 9.84 Å². The number of hydrogen-bond donors (Lipinski definition) is 1. The molecule has 0 spiro atoms. The summed E-state index contributed by atoms with van der Waals surface area (Å²) < 4.78 is 51.3. The van der Waals surface area contributed by atoms with E-state index in [2.05, 4.69) is 10.1 Å². The van der Waals surface area contributed by atoms with Crippen LogP contribution < -0.4 is 10.1 Å². The van der Waals surface area contributed by atoms with E-state index in [9.17, 15) is 17.2 Å². The minimum atomic E-state index is -3.11. The maximum atomic E-state index is 12.2. The first-order valence-corrected chi connectivity index (χ1v) is 7.79. The standard InChI is InChI=1S/C13H15F2NO3S/c1-9(16-11-5-6-20(17,18)8-11)10-3-2-4-12(7-10)19-13(14)15/h2-7,9,11,13,16H,8H2,1H3. The van der Waals surface area contributed by atoms with Crippen molar-refractivity contribution < 1.29 is 21.9 Å². The van der Waals surface area contributed by atoms with Gasteiger partial charge in [-0.1, -0.05) is 18.2 Å². The molecular weight excluding hydrogens is 288 g/mol. The van der Waals surface area contributed by atoms with Gasteiger partial charge in [-0.15, -0.1) is 0 Å². The average Bonchev–Trinajstić information content (AvgIpc) is 2.68. The van der Waals surface area contributed by atoms with Gasteiger partial charge in [0, 0.05) is 17.5 Å². The number of rotatable bonds is 5. The van der Waals surface area contributed by atoms with Crippen molar-refractivity contribution in [2.45, 2.75) is 25.6 Å². The fourth-order valence-corrected chi connectivity index (χ4v) is 3.31. The van der Waals surface area contributed by atoms with E-state index in [-0.39, 0.29) is 23.6 Å². The van der Waals surface area contributed by atoms with Gasteiger partial charge in [0.15, 0.2) is 9.84 Å². The van der Waals surface area contributed by atoms with Crippen molar-refractivity contribution in [3.05, 3.63) is 41.3 Å². The van der Waals surface area contributed by atoms with Crippen molar-refractivity contribution in [3.63, 3.8) is 0 Å².